The number of hydrogen-bond acceptors (Lipinski definition) is 5. The molecule has 0 atom stereocenters. The van der Waals surface area contributed by atoms with E-state index < -0.39 is 5.97 Å². The zero-order chi connectivity index (χ0) is 17.9. The molecule has 2 heterocycles. The van der Waals surface area contributed by atoms with Crippen molar-refractivity contribution >= 4 is 34.5 Å². The Labute approximate surface area is 153 Å². The first-order chi connectivity index (χ1) is 12.7. The average molecular weight is 368 g/mol. The first kappa shape index (κ1) is 16.5. The minimum atomic E-state index is -0.883. The summed E-state index contributed by atoms with van der Waals surface area (Å²) in [5, 5.41) is 17.9. The number of benzene rings is 2. The topological polar surface area (TPSA) is 81.6 Å². The fourth-order valence-electron chi connectivity index (χ4n) is 2.85. The normalized spacial score (nSPS) is 11.2. The van der Waals surface area contributed by atoms with Crippen LogP contribution in [0.15, 0.2) is 59.8 Å². The van der Waals surface area contributed by atoms with Crippen LogP contribution in [0.3, 0.4) is 0 Å². The van der Waals surface area contributed by atoms with Gasteiger partial charge in [0.05, 0.1) is 23.3 Å². The molecule has 0 radical (unpaired) electrons. The number of hydrogen-bond donors (Lipinski definition) is 1. The molecule has 4 rings (SSSR count). The number of rotatable bonds is 7. The van der Waals surface area contributed by atoms with Gasteiger partial charge in [-0.25, -0.2) is 0 Å². The number of aromatic nitrogens is 4. The van der Waals surface area contributed by atoms with Crippen molar-refractivity contribution in [1.82, 2.24) is 19.2 Å². The molecule has 7 nitrogen and oxygen atoms in total. The van der Waals surface area contributed by atoms with Gasteiger partial charge in [0.15, 0.2) is 5.16 Å². The van der Waals surface area contributed by atoms with Crippen LogP contribution in [0.2, 0.25) is 0 Å². The number of para-hydroxylation sites is 3. The summed E-state index contributed by atoms with van der Waals surface area (Å²) in [6, 6.07) is 17.5. The number of carboxylic acids is 1. The van der Waals surface area contributed by atoms with Crippen molar-refractivity contribution in [3.8, 4) is 5.75 Å². The van der Waals surface area contributed by atoms with E-state index in [0.717, 1.165) is 28.5 Å². The van der Waals surface area contributed by atoms with E-state index >= 15 is 0 Å². The van der Waals surface area contributed by atoms with Crippen LogP contribution in [-0.2, 0) is 11.3 Å². The van der Waals surface area contributed by atoms with Crippen LogP contribution in [0.5, 0.6) is 5.75 Å². The van der Waals surface area contributed by atoms with Gasteiger partial charge in [-0.05, 0) is 24.3 Å². The van der Waals surface area contributed by atoms with Crippen LogP contribution >= 0.6 is 11.8 Å². The minimum absolute atomic E-state index is 0.0581. The van der Waals surface area contributed by atoms with Gasteiger partial charge in [-0.2, -0.15) is 0 Å². The molecule has 2 aromatic heterocycles. The van der Waals surface area contributed by atoms with Gasteiger partial charge >= 0.3 is 5.97 Å². The lowest BCUT2D eigenvalue weighted by Crippen LogP contribution is -2.08. The summed E-state index contributed by atoms with van der Waals surface area (Å²) in [6.07, 6.45) is 0. The van der Waals surface area contributed by atoms with Crippen molar-refractivity contribution in [3.63, 3.8) is 0 Å². The zero-order valence-electron chi connectivity index (χ0n) is 13.8. The maximum Gasteiger partial charge on any atom is 0.313 e. The molecule has 0 bridgehead atoms. The molecule has 8 heteroatoms. The molecule has 0 fully saturated rings. The van der Waals surface area contributed by atoms with Gasteiger partial charge < -0.3 is 14.4 Å². The van der Waals surface area contributed by atoms with E-state index in [1.807, 2.05) is 63.6 Å². The predicted octanol–water partition coefficient (Wildman–Crippen LogP) is 2.94. The Morgan fingerprint density at radius 2 is 1.77 bits per heavy atom. The molecule has 0 spiro atoms. The second-order valence-electron chi connectivity index (χ2n) is 5.60. The fraction of sp³-hybridized carbons (Fsp3) is 0.167. The SMILES string of the molecule is O=C(O)CSc1nnc2n(CCOc3ccccc3)c3ccccc3n12. The zero-order valence-corrected chi connectivity index (χ0v) is 14.6. The lowest BCUT2D eigenvalue weighted by molar-refractivity contribution is -0.133. The molecule has 132 valence electrons. The number of thioether (sulfide) groups is 1. The molecule has 0 aliphatic heterocycles. The third kappa shape index (κ3) is 3.11. The van der Waals surface area contributed by atoms with E-state index in [1.165, 1.54) is 0 Å². The summed E-state index contributed by atoms with van der Waals surface area (Å²) in [4.78, 5) is 10.9. The highest BCUT2D eigenvalue weighted by Crippen LogP contribution is 2.25. The predicted molar refractivity (Wildman–Crippen MR) is 98.8 cm³/mol. The second kappa shape index (κ2) is 7.09. The van der Waals surface area contributed by atoms with Gasteiger partial charge in [0.25, 0.3) is 0 Å². The Balaban J connectivity index is 1.65. The first-order valence-corrected chi connectivity index (χ1v) is 9.07. The van der Waals surface area contributed by atoms with Gasteiger partial charge in [0.2, 0.25) is 5.78 Å². The summed E-state index contributed by atoms with van der Waals surface area (Å²) in [5.74, 6) is 0.555. The summed E-state index contributed by atoms with van der Waals surface area (Å²) in [7, 11) is 0. The molecule has 0 saturated heterocycles. The summed E-state index contributed by atoms with van der Waals surface area (Å²) in [6.45, 7) is 1.09. The average Bonchev–Trinajstić information content (AvgIpc) is 3.20. The van der Waals surface area contributed by atoms with Crippen molar-refractivity contribution in [2.24, 2.45) is 0 Å². The van der Waals surface area contributed by atoms with Crippen molar-refractivity contribution in [2.45, 2.75) is 11.7 Å². The maximum absolute atomic E-state index is 10.9. The highest BCUT2D eigenvalue weighted by Gasteiger charge is 2.17. The molecular formula is C18H16N4O3S. The number of fused-ring (bicyclic) bond motifs is 3. The third-order valence-corrected chi connectivity index (χ3v) is 4.84. The third-order valence-electron chi connectivity index (χ3n) is 3.92. The molecule has 26 heavy (non-hydrogen) atoms. The lowest BCUT2D eigenvalue weighted by Gasteiger charge is -2.07. The second-order valence-corrected chi connectivity index (χ2v) is 6.54. The van der Waals surface area contributed by atoms with Gasteiger partial charge in [0.1, 0.15) is 12.4 Å². The fourth-order valence-corrected chi connectivity index (χ4v) is 3.51. The van der Waals surface area contributed by atoms with E-state index in [1.54, 1.807) is 0 Å². The van der Waals surface area contributed by atoms with E-state index in [2.05, 4.69) is 10.2 Å². The smallest absolute Gasteiger partial charge is 0.313 e. The van der Waals surface area contributed by atoms with E-state index in [0.29, 0.717) is 24.1 Å². The Kier molecular flexibility index (Phi) is 4.49. The van der Waals surface area contributed by atoms with Crippen molar-refractivity contribution in [2.75, 3.05) is 12.4 Å². The van der Waals surface area contributed by atoms with E-state index in [-0.39, 0.29) is 5.75 Å². The monoisotopic (exact) mass is 368 g/mol. The Hall–Kier alpha value is -3.00. The van der Waals surface area contributed by atoms with Crippen LogP contribution < -0.4 is 4.74 Å². The van der Waals surface area contributed by atoms with Gasteiger partial charge in [-0.3, -0.25) is 9.20 Å². The number of aliphatic carboxylic acids is 1. The highest BCUT2D eigenvalue weighted by molar-refractivity contribution is 7.99. The number of carbonyl (C=O) groups is 1. The van der Waals surface area contributed by atoms with Crippen molar-refractivity contribution in [3.05, 3.63) is 54.6 Å². The van der Waals surface area contributed by atoms with Crippen LogP contribution in [-0.4, -0.2) is 42.6 Å². The van der Waals surface area contributed by atoms with Gasteiger partial charge in [-0.1, -0.05) is 42.1 Å². The Morgan fingerprint density at radius 3 is 2.54 bits per heavy atom. The number of carboxylic acid groups (broad SMARTS) is 1. The molecule has 0 aliphatic carbocycles. The molecule has 0 saturated carbocycles. The number of ether oxygens (including phenoxy) is 1. The summed E-state index contributed by atoms with van der Waals surface area (Å²) in [5.41, 5.74) is 1.95. The number of nitrogens with zero attached hydrogens (tertiary/aromatic N) is 4. The molecule has 2 aromatic carbocycles. The van der Waals surface area contributed by atoms with Crippen LogP contribution in [0.4, 0.5) is 0 Å². The molecule has 0 unspecified atom stereocenters. The van der Waals surface area contributed by atoms with E-state index in [4.69, 9.17) is 9.84 Å². The molecular weight excluding hydrogens is 352 g/mol. The largest absolute Gasteiger partial charge is 0.492 e. The molecule has 1 N–H and O–H groups in total. The maximum atomic E-state index is 10.9. The van der Waals surface area contributed by atoms with Crippen molar-refractivity contribution < 1.29 is 14.6 Å². The van der Waals surface area contributed by atoms with Crippen LogP contribution in [0.25, 0.3) is 16.8 Å². The van der Waals surface area contributed by atoms with Gasteiger partial charge in [0, 0.05) is 0 Å². The lowest BCUT2D eigenvalue weighted by atomic mass is 10.3. The Bertz CT molecular complexity index is 1060. The molecule has 4 aromatic rings. The standard InChI is InChI=1S/C18H16N4O3S/c23-16(24)12-26-18-20-19-17-21(10-11-25-13-6-2-1-3-7-13)14-8-4-5-9-15(14)22(17)18/h1-9H,10-12H2,(H,23,24). The van der Waals surface area contributed by atoms with Gasteiger partial charge in [-0.15, -0.1) is 10.2 Å². The van der Waals surface area contributed by atoms with Crippen molar-refractivity contribution in [1.29, 1.82) is 0 Å². The minimum Gasteiger partial charge on any atom is -0.492 e. The number of imidazole rings is 1. The summed E-state index contributed by atoms with van der Waals surface area (Å²) < 4.78 is 9.73. The molecule has 0 aliphatic rings. The van der Waals surface area contributed by atoms with Crippen LogP contribution in [0.1, 0.15) is 0 Å². The van der Waals surface area contributed by atoms with Crippen LogP contribution in [0, 0.1) is 0 Å². The molecule has 0 amide bonds. The quantitative estimate of drug-likeness (QED) is 0.505. The Morgan fingerprint density at radius 1 is 1.04 bits per heavy atom. The first-order valence-electron chi connectivity index (χ1n) is 8.09. The highest BCUT2D eigenvalue weighted by atomic mass is 32.2. The van der Waals surface area contributed by atoms with E-state index in [9.17, 15) is 4.79 Å². The summed E-state index contributed by atoms with van der Waals surface area (Å²) >= 11 is 1.16.